The molecule has 0 aliphatic heterocycles. The lowest BCUT2D eigenvalue weighted by atomic mass is 10.1. The van der Waals surface area contributed by atoms with Gasteiger partial charge in [0, 0.05) is 34.6 Å². The molecule has 7 heteroatoms. The molecule has 0 heterocycles. The van der Waals surface area contributed by atoms with Gasteiger partial charge in [-0.05, 0) is 24.7 Å². The van der Waals surface area contributed by atoms with E-state index in [0.717, 1.165) is 17.6 Å². The number of benzene rings is 1. The molecule has 1 rings (SSSR count). The zero-order chi connectivity index (χ0) is 15.2. The number of rotatable bonds is 8. The number of ether oxygens (including phenoxy) is 1. The second kappa shape index (κ2) is 7.75. The Morgan fingerprint density at radius 2 is 2.10 bits per heavy atom. The van der Waals surface area contributed by atoms with E-state index in [1.165, 1.54) is 0 Å². The maximum absolute atomic E-state index is 12.0. The standard InChI is InChI=1S/C13H21NO4S2/c1-14-13(10-19(15)7-8-20(3,16)17)11-5-4-6-12(9-11)18-2/h4-6,9,13-14H,7-8,10H2,1-3H3. The molecule has 0 fully saturated rings. The second-order valence-corrected chi connectivity index (χ2v) is 8.44. The summed E-state index contributed by atoms with van der Waals surface area (Å²) in [5, 5.41) is 3.10. The van der Waals surface area contributed by atoms with Crippen molar-refractivity contribution in [1.82, 2.24) is 5.32 Å². The van der Waals surface area contributed by atoms with Crippen LogP contribution in [0.1, 0.15) is 11.6 Å². The zero-order valence-corrected chi connectivity index (χ0v) is 13.6. The van der Waals surface area contributed by atoms with Crippen LogP contribution >= 0.6 is 0 Å². The van der Waals surface area contributed by atoms with Crippen molar-refractivity contribution in [2.75, 3.05) is 37.7 Å². The third-order valence-corrected chi connectivity index (χ3v) is 5.45. The van der Waals surface area contributed by atoms with Crippen LogP contribution in [0.25, 0.3) is 0 Å². The van der Waals surface area contributed by atoms with E-state index in [-0.39, 0.29) is 17.5 Å². The summed E-state index contributed by atoms with van der Waals surface area (Å²) >= 11 is 0. The Labute approximate surface area is 123 Å². The van der Waals surface area contributed by atoms with Crippen molar-refractivity contribution in [3.05, 3.63) is 29.8 Å². The Balaban J connectivity index is 2.69. The van der Waals surface area contributed by atoms with E-state index in [0.29, 0.717) is 5.75 Å². The Morgan fingerprint density at radius 3 is 2.65 bits per heavy atom. The first-order chi connectivity index (χ1) is 9.35. The highest BCUT2D eigenvalue weighted by Crippen LogP contribution is 2.19. The fourth-order valence-corrected chi connectivity index (χ4v) is 4.57. The SMILES string of the molecule is CNC(CS(=O)CCS(C)(=O)=O)c1cccc(OC)c1. The van der Waals surface area contributed by atoms with E-state index >= 15 is 0 Å². The summed E-state index contributed by atoms with van der Waals surface area (Å²) in [5.74, 6) is 1.23. The van der Waals surface area contributed by atoms with Gasteiger partial charge in [0.2, 0.25) is 0 Å². The van der Waals surface area contributed by atoms with Gasteiger partial charge in [-0.1, -0.05) is 12.1 Å². The first kappa shape index (κ1) is 17.1. The summed E-state index contributed by atoms with van der Waals surface area (Å²) in [6.45, 7) is 0. The van der Waals surface area contributed by atoms with E-state index in [9.17, 15) is 12.6 Å². The van der Waals surface area contributed by atoms with E-state index in [4.69, 9.17) is 4.74 Å². The predicted molar refractivity (Wildman–Crippen MR) is 82.4 cm³/mol. The second-order valence-electron chi connectivity index (χ2n) is 4.56. The van der Waals surface area contributed by atoms with E-state index in [1.54, 1.807) is 14.2 Å². The number of hydrogen-bond acceptors (Lipinski definition) is 5. The van der Waals surface area contributed by atoms with Crippen LogP contribution in [-0.2, 0) is 20.6 Å². The highest BCUT2D eigenvalue weighted by atomic mass is 32.2. The molecule has 2 atom stereocenters. The Morgan fingerprint density at radius 1 is 1.40 bits per heavy atom. The Hall–Kier alpha value is -0.920. The molecule has 0 saturated carbocycles. The minimum absolute atomic E-state index is 0.0475. The third-order valence-electron chi connectivity index (χ3n) is 2.88. The molecule has 1 aromatic carbocycles. The van der Waals surface area contributed by atoms with Crippen molar-refractivity contribution < 1.29 is 17.4 Å². The van der Waals surface area contributed by atoms with Gasteiger partial charge in [0.1, 0.15) is 15.6 Å². The predicted octanol–water partition coefficient (Wildman–Crippen LogP) is 0.749. The summed E-state index contributed by atoms with van der Waals surface area (Å²) in [4.78, 5) is 0. The van der Waals surface area contributed by atoms with Gasteiger partial charge in [0.25, 0.3) is 0 Å². The maximum Gasteiger partial charge on any atom is 0.148 e. The van der Waals surface area contributed by atoms with Crippen molar-refractivity contribution in [3.63, 3.8) is 0 Å². The van der Waals surface area contributed by atoms with Crippen LogP contribution in [0.4, 0.5) is 0 Å². The first-order valence-corrected chi connectivity index (χ1v) is 9.74. The van der Waals surface area contributed by atoms with Crippen LogP contribution in [0.2, 0.25) is 0 Å². The van der Waals surface area contributed by atoms with Gasteiger partial charge in [0.05, 0.1) is 12.9 Å². The number of sulfone groups is 1. The smallest absolute Gasteiger partial charge is 0.148 e. The molecule has 0 saturated heterocycles. The zero-order valence-electron chi connectivity index (χ0n) is 12.0. The fourth-order valence-electron chi connectivity index (χ4n) is 1.72. The summed E-state index contributed by atoms with van der Waals surface area (Å²) in [7, 11) is -0.874. The van der Waals surface area contributed by atoms with Crippen molar-refractivity contribution >= 4 is 20.6 Å². The molecule has 0 aliphatic carbocycles. The minimum Gasteiger partial charge on any atom is -0.497 e. The molecule has 2 unspecified atom stereocenters. The van der Waals surface area contributed by atoms with Crippen molar-refractivity contribution in [2.45, 2.75) is 6.04 Å². The molecule has 20 heavy (non-hydrogen) atoms. The maximum atomic E-state index is 12.0. The van der Waals surface area contributed by atoms with Crippen LogP contribution in [0.15, 0.2) is 24.3 Å². The fraction of sp³-hybridized carbons (Fsp3) is 0.538. The van der Waals surface area contributed by atoms with Crippen LogP contribution < -0.4 is 10.1 Å². The highest BCUT2D eigenvalue weighted by Gasteiger charge is 2.15. The average molecular weight is 319 g/mol. The molecule has 0 bridgehead atoms. The van der Waals surface area contributed by atoms with Crippen LogP contribution in [0.5, 0.6) is 5.75 Å². The number of methoxy groups -OCH3 is 1. The van der Waals surface area contributed by atoms with Gasteiger partial charge in [-0.3, -0.25) is 4.21 Å². The molecule has 0 radical (unpaired) electrons. The summed E-state index contributed by atoms with van der Waals surface area (Å²) < 4.78 is 39.3. The van der Waals surface area contributed by atoms with Gasteiger partial charge < -0.3 is 10.1 Å². The molecular weight excluding hydrogens is 298 g/mol. The van der Waals surface area contributed by atoms with Crippen LogP contribution in [0, 0.1) is 0 Å². The third kappa shape index (κ3) is 6.02. The highest BCUT2D eigenvalue weighted by molar-refractivity contribution is 7.92. The lowest BCUT2D eigenvalue weighted by Crippen LogP contribution is -2.25. The van der Waals surface area contributed by atoms with Gasteiger partial charge in [-0.15, -0.1) is 0 Å². The lowest BCUT2D eigenvalue weighted by Gasteiger charge is -2.17. The van der Waals surface area contributed by atoms with Gasteiger partial charge in [0.15, 0.2) is 0 Å². The average Bonchev–Trinajstić information content (AvgIpc) is 2.41. The van der Waals surface area contributed by atoms with Gasteiger partial charge >= 0.3 is 0 Å². The normalized spacial score (nSPS) is 14.8. The molecule has 1 N–H and O–H groups in total. The summed E-state index contributed by atoms with van der Waals surface area (Å²) in [6, 6.07) is 7.44. The summed E-state index contributed by atoms with van der Waals surface area (Å²) in [6.07, 6.45) is 1.15. The summed E-state index contributed by atoms with van der Waals surface area (Å²) in [5.41, 5.74) is 0.972. The van der Waals surface area contributed by atoms with E-state index < -0.39 is 20.6 Å². The monoisotopic (exact) mass is 319 g/mol. The van der Waals surface area contributed by atoms with Gasteiger partial charge in [-0.25, -0.2) is 8.42 Å². The quantitative estimate of drug-likeness (QED) is 0.765. The van der Waals surface area contributed by atoms with Crippen molar-refractivity contribution in [2.24, 2.45) is 0 Å². The van der Waals surface area contributed by atoms with Gasteiger partial charge in [-0.2, -0.15) is 0 Å². The number of hydrogen-bond donors (Lipinski definition) is 1. The topological polar surface area (TPSA) is 72.5 Å². The molecule has 114 valence electrons. The first-order valence-electron chi connectivity index (χ1n) is 6.19. The molecule has 0 aromatic heterocycles. The number of nitrogens with one attached hydrogen (secondary N) is 1. The van der Waals surface area contributed by atoms with E-state index in [2.05, 4.69) is 5.32 Å². The molecule has 0 amide bonds. The van der Waals surface area contributed by atoms with Crippen LogP contribution in [0.3, 0.4) is 0 Å². The van der Waals surface area contributed by atoms with E-state index in [1.807, 2.05) is 24.3 Å². The lowest BCUT2D eigenvalue weighted by molar-refractivity contribution is 0.413. The molecule has 0 aliphatic rings. The van der Waals surface area contributed by atoms with Crippen molar-refractivity contribution in [1.29, 1.82) is 0 Å². The van der Waals surface area contributed by atoms with Crippen LogP contribution in [-0.4, -0.2) is 50.3 Å². The Bertz CT molecular complexity index is 557. The molecule has 5 nitrogen and oxygen atoms in total. The largest absolute Gasteiger partial charge is 0.497 e. The Kier molecular flexibility index (Phi) is 6.64. The molecule has 0 spiro atoms. The van der Waals surface area contributed by atoms with Crippen molar-refractivity contribution in [3.8, 4) is 5.75 Å². The molecule has 1 aromatic rings. The minimum atomic E-state index is -3.07. The molecular formula is C13H21NO4S2.